The van der Waals surface area contributed by atoms with Gasteiger partial charge in [-0.05, 0) is 65.2 Å². The van der Waals surface area contributed by atoms with Crippen molar-refractivity contribution in [2.75, 3.05) is 26.4 Å². The van der Waals surface area contributed by atoms with Crippen LogP contribution in [-0.4, -0.2) is 49.8 Å². The Balaban J connectivity index is 1.43. The second-order valence-corrected chi connectivity index (χ2v) is 8.29. The standard InChI is InChI=1S/C18H32O4/c1-17(2,21-11-15-9-19-15)13-5-7-14(8-6-13)18(3,4)22-12-16-10-20-16/h13-16H,5-12H2,1-4H3. The normalized spacial score (nSPS) is 35.5. The predicted molar refractivity (Wildman–Crippen MR) is 85.0 cm³/mol. The van der Waals surface area contributed by atoms with E-state index >= 15 is 0 Å². The van der Waals surface area contributed by atoms with Crippen molar-refractivity contribution >= 4 is 0 Å². The molecule has 2 atom stereocenters. The van der Waals surface area contributed by atoms with Gasteiger partial charge in [-0.1, -0.05) is 0 Å². The van der Waals surface area contributed by atoms with E-state index in [1.165, 1.54) is 25.7 Å². The zero-order valence-corrected chi connectivity index (χ0v) is 14.6. The van der Waals surface area contributed by atoms with E-state index in [9.17, 15) is 0 Å². The molecule has 4 nitrogen and oxygen atoms in total. The van der Waals surface area contributed by atoms with E-state index in [2.05, 4.69) is 27.7 Å². The molecule has 3 rings (SSSR count). The second-order valence-electron chi connectivity index (χ2n) is 8.29. The highest BCUT2D eigenvalue weighted by molar-refractivity contribution is 4.90. The Morgan fingerprint density at radius 3 is 1.32 bits per heavy atom. The fraction of sp³-hybridized carbons (Fsp3) is 1.00. The minimum atomic E-state index is -0.0379. The van der Waals surface area contributed by atoms with Crippen molar-refractivity contribution in [1.29, 1.82) is 0 Å². The SMILES string of the molecule is CC(C)(OCC1CO1)C1CCC(C(C)(C)OCC2CO2)CC1. The largest absolute Gasteiger partial charge is 0.373 e. The van der Waals surface area contributed by atoms with Gasteiger partial charge < -0.3 is 18.9 Å². The summed E-state index contributed by atoms with van der Waals surface area (Å²) in [6, 6.07) is 0. The smallest absolute Gasteiger partial charge is 0.104 e. The molecule has 22 heavy (non-hydrogen) atoms. The molecule has 0 amide bonds. The maximum absolute atomic E-state index is 6.13. The summed E-state index contributed by atoms with van der Waals surface area (Å²) in [5, 5.41) is 0. The number of rotatable bonds is 8. The molecule has 0 N–H and O–H groups in total. The van der Waals surface area contributed by atoms with Crippen LogP contribution in [0.2, 0.25) is 0 Å². The molecule has 3 aliphatic rings. The average molecular weight is 312 g/mol. The van der Waals surface area contributed by atoms with Crippen molar-refractivity contribution in [3.05, 3.63) is 0 Å². The molecule has 4 heteroatoms. The van der Waals surface area contributed by atoms with Crippen LogP contribution < -0.4 is 0 Å². The van der Waals surface area contributed by atoms with Gasteiger partial charge in [-0.2, -0.15) is 0 Å². The zero-order chi connectivity index (χ0) is 15.8. The first kappa shape index (κ1) is 16.7. The zero-order valence-electron chi connectivity index (χ0n) is 14.6. The molecular weight excluding hydrogens is 280 g/mol. The van der Waals surface area contributed by atoms with Crippen LogP contribution in [0.4, 0.5) is 0 Å². The number of ether oxygens (including phenoxy) is 4. The molecule has 0 aromatic heterocycles. The molecule has 128 valence electrons. The average Bonchev–Trinajstić information content (AvgIpc) is 3.38. The predicted octanol–water partition coefficient (Wildman–Crippen LogP) is 3.18. The van der Waals surface area contributed by atoms with Crippen molar-refractivity contribution in [1.82, 2.24) is 0 Å². The van der Waals surface area contributed by atoms with Crippen LogP contribution in [0.5, 0.6) is 0 Å². The fourth-order valence-electron chi connectivity index (χ4n) is 3.66. The van der Waals surface area contributed by atoms with Crippen molar-refractivity contribution in [3.63, 3.8) is 0 Å². The van der Waals surface area contributed by atoms with Gasteiger partial charge in [0.15, 0.2) is 0 Å². The molecular formula is C18H32O4. The lowest BCUT2D eigenvalue weighted by Crippen LogP contribution is -2.43. The van der Waals surface area contributed by atoms with Gasteiger partial charge in [0.1, 0.15) is 12.2 Å². The maximum Gasteiger partial charge on any atom is 0.104 e. The third kappa shape index (κ3) is 4.44. The molecule has 1 aliphatic carbocycles. The van der Waals surface area contributed by atoms with E-state index < -0.39 is 0 Å². The van der Waals surface area contributed by atoms with Crippen LogP contribution in [0, 0.1) is 11.8 Å². The van der Waals surface area contributed by atoms with E-state index in [0.717, 1.165) is 26.4 Å². The first-order valence-electron chi connectivity index (χ1n) is 8.88. The summed E-state index contributed by atoms with van der Waals surface area (Å²) in [5.74, 6) is 1.29. The maximum atomic E-state index is 6.13. The Hall–Kier alpha value is -0.160. The third-order valence-electron chi connectivity index (χ3n) is 5.78. The minimum Gasteiger partial charge on any atom is -0.373 e. The van der Waals surface area contributed by atoms with Crippen molar-refractivity contribution in [3.8, 4) is 0 Å². The molecule has 3 fully saturated rings. The molecule has 0 spiro atoms. The first-order chi connectivity index (χ1) is 10.4. The van der Waals surface area contributed by atoms with Gasteiger partial charge in [0.25, 0.3) is 0 Å². The van der Waals surface area contributed by atoms with Gasteiger partial charge in [0, 0.05) is 0 Å². The molecule has 0 aromatic carbocycles. The summed E-state index contributed by atoms with van der Waals surface area (Å²) >= 11 is 0. The van der Waals surface area contributed by atoms with Gasteiger partial charge in [0.2, 0.25) is 0 Å². The molecule has 0 aromatic rings. The molecule has 2 saturated heterocycles. The molecule has 1 saturated carbocycles. The van der Waals surface area contributed by atoms with Gasteiger partial charge in [-0.25, -0.2) is 0 Å². The summed E-state index contributed by atoms with van der Waals surface area (Å²) in [6.45, 7) is 12.2. The quantitative estimate of drug-likeness (QED) is 0.646. The lowest BCUT2D eigenvalue weighted by atomic mass is 9.70. The van der Waals surface area contributed by atoms with Gasteiger partial charge in [0.05, 0.1) is 37.6 Å². The number of hydrogen-bond acceptors (Lipinski definition) is 4. The summed E-state index contributed by atoms with van der Waals surface area (Å²) in [5.41, 5.74) is -0.0758. The molecule has 2 unspecified atom stereocenters. The van der Waals surface area contributed by atoms with Gasteiger partial charge >= 0.3 is 0 Å². The van der Waals surface area contributed by atoms with E-state index in [4.69, 9.17) is 18.9 Å². The van der Waals surface area contributed by atoms with Crippen molar-refractivity contribution in [2.24, 2.45) is 11.8 Å². The van der Waals surface area contributed by atoms with E-state index in [0.29, 0.717) is 24.0 Å². The Kier molecular flexibility index (Phi) is 4.84. The monoisotopic (exact) mass is 312 g/mol. The molecule has 0 bridgehead atoms. The first-order valence-corrected chi connectivity index (χ1v) is 8.88. The summed E-state index contributed by atoms with van der Waals surface area (Å²) in [7, 11) is 0. The fourth-order valence-corrected chi connectivity index (χ4v) is 3.66. The summed E-state index contributed by atoms with van der Waals surface area (Å²) in [4.78, 5) is 0. The third-order valence-corrected chi connectivity index (χ3v) is 5.78. The second kappa shape index (κ2) is 6.39. The lowest BCUT2D eigenvalue weighted by molar-refractivity contribution is -0.106. The molecule has 2 heterocycles. The van der Waals surface area contributed by atoms with Crippen molar-refractivity contribution in [2.45, 2.75) is 76.8 Å². The highest BCUT2D eigenvalue weighted by Gasteiger charge is 2.40. The van der Waals surface area contributed by atoms with Gasteiger partial charge in [-0.3, -0.25) is 0 Å². The molecule has 2 aliphatic heterocycles. The number of epoxide rings is 2. The van der Waals surface area contributed by atoms with Crippen LogP contribution in [-0.2, 0) is 18.9 Å². The Morgan fingerprint density at radius 2 is 1.05 bits per heavy atom. The summed E-state index contributed by atoms with van der Waals surface area (Å²) in [6.07, 6.45) is 5.64. The lowest BCUT2D eigenvalue weighted by Gasteiger charge is -2.43. The van der Waals surface area contributed by atoms with Crippen LogP contribution >= 0.6 is 0 Å². The highest BCUT2D eigenvalue weighted by atomic mass is 16.6. The van der Waals surface area contributed by atoms with Crippen LogP contribution in [0.15, 0.2) is 0 Å². The highest BCUT2D eigenvalue weighted by Crippen LogP contribution is 2.42. The molecule has 0 radical (unpaired) electrons. The van der Waals surface area contributed by atoms with Crippen molar-refractivity contribution < 1.29 is 18.9 Å². The van der Waals surface area contributed by atoms with Crippen LogP contribution in [0.3, 0.4) is 0 Å². The number of hydrogen-bond donors (Lipinski definition) is 0. The Morgan fingerprint density at radius 1 is 0.727 bits per heavy atom. The van der Waals surface area contributed by atoms with E-state index in [-0.39, 0.29) is 11.2 Å². The van der Waals surface area contributed by atoms with Gasteiger partial charge in [-0.15, -0.1) is 0 Å². The Bertz CT molecular complexity index is 327. The van der Waals surface area contributed by atoms with Crippen LogP contribution in [0.25, 0.3) is 0 Å². The van der Waals surface area contributed by atoms with E-state index in [1.807, 2.05) is 0 Å². The van der Waals surface area contributed by atoms with Crippen LogP contribution in [0.1, 0.15) is 53.4 Å². The van der Waals surface area contributed by atoms with E-state index in [1.54, 1.807) is 0 Å². The Labute approximate surface area is 134 Å². The minimum absolute atomic E-state index is 0.0379. The topological polar surface area (TPSA) is 43.5 Å². The summed E-state index contributed by atoms with van der Waals surface area (Å²) < 4.78 is 22.8.